The Hall–Kier alpha value is -3.64. The van der Waals surface area contributed by atoms with Gasteiger partial charge in [0.15, 0.2) is 17.0 Å². The van der Waals surface area contributed by atoms with Gasteiger partial charge in [0.05, 0.1) is 18.3 Å². The van der Waals surface area contributed by atoms with E-state index < -0.39 is 23.0 Å². The second-order valence-corrected chi connectivity index (χ2v) is 11.0. The van der Waals surface area contributed by atoms with Crippen LogP contribution in [-0.4, -0.2) is 41.4 Å². The molecule has 0 amide bonds. The Morgan fingerprint density at radius 2 is 1.83 bits per heavy atom. The molecule has 0 spiro atoms. The molecule has 42 heavy (non-hydrogen) atoms. The molecule has 0 unspecified atom stereocenters. The molecule has 1 aliphatic rings. The highest BCUT2D eigenvalue weighted by atomic mass is 19.3. The summed E-state index contributed by atoms with van der Waals surface area (Å²) < 4.78 is 46.1. The molecule has 0 N–H and O–H groups in total. The van der Waals surface area contributed by atoms with Crippen molar-refractivity contribution in [3.8, 4) is 11.4 Å². The Morgan fingerprint density at radius 3 is 2.50 bits per heavy atom. The van der Waals surface area contributed by atoms with Crippen molar-refractivity contribution in [1.29, 1.82) is 0 Å². The lowest BCUT2D eigenvalue weighted by Gasteiger charge is -2.35. The third-order valence-electron chi connectivity index (χ3n) is 7.99. The number of methoxy groups -OCH3 is 1. The quantitative estimate of drug-likeness (QED) is 0.228. The fourth-order valence-electron chi connectivity index (χ4n) is 5.72. The van der Waals surface area contributed by atoms with Crippen molar-refractivity contribution in [2.45, 2.75) is 97.4 Å². The largest absolute Gasteiger partial charge is 0.353 e. The molecule has 0 saturated heterocycles. The van der Waals surface area contributed by atoms with E-state index in [1.807, 2.05) is 13.8 Å². The zero-order chi connectivity index (χ0) is 30.1. The van der Waals surface area contributed by atoms with Gasteiger partial charge in [0.25, 0.3) is 11.5 Å². The maximum Gasteiger partial charge on any atom is 0.332 e. The maximum absolute atomic E-state index is 13.9. The minimum absolute atomic E-state index is 0.0121. The summed E-state index contributed by atoms with van der Waals surface area (Å²) in [5.41, 5.74) is 0.913. The van der Waals surface area contributed by atoms with Gasteiger partial charge in [0.2, 0.25) is 0 Å². The van der Waals surface area contributed by atoms with Gasteiger partial charge in [-0.05, 0) is 37.8 Å². The first kappa shape index (κ1) is 29.8. The lowest BCUT2D eigenvalue weighted by Crippen LogP contribution is -2.41. The maximum atomic E-state index is 13.9. The zero-order valence-corrected chi connectivity index (χ0v) is 24.6. The summed E-state index contributed by atoms with van der Waals surface area (Å²) in [5.74, 6) is -3.31. The van der Waals surface area contributed by atoms with Crippen molar-refractivity contribution in [1.82, 2.24) is 28.5 Å². The van der Waals surface area contributed by atoms with Crippen LogP contribution in [-0.2, 0) is 41.8 Å². The van der Waals surface area contributed by atoms with Crippen LogP contribution in [0.5, 0.6) is 0 Å². The number of benzene rings is 1. The highest BCUT2D eigenvalue weighted by Crippen LogP contribution is 2.34. The van der Waals surface area contributed by atoms with E-state index in [0.29, 0.717) is 29.9 Å². The molecule has 0 aliphatic heterocycles. The summed E-state index contributed by atoms with van der Waals surface area (Å²) in [7, 11) is 1.63. The smallest absolute Gasteiger partial charge is 0.332 e. The SMILES string of the molecule is CCCn1c(=O)c2c(nc(-c3cnn(Cc4cccc(C(C)(F)F)c4)c3)n2COC2(OC)CCCCC2)n(CC)c1=O. The van der Waals surface area contributed by atoms with Crippen LogP contribution in [0.15, 0.2) is 46.2 Å². The Morgan fingerprint density at radius 1 is 1.07 bits per heavy atom. The van der Waals surface area contributed by atoms with E-state index in [-0.39, 0.29) is 36.5 Å². The van der Waals surface area contributed by atoms with Crippen molar-refractivity contribution in [3.05, 3.63) is 68.6 Å². The normalized spacial score (nSPS) is 15.5. The molecule has 3 heterocycles. The van der Waals surface area contributed by atoms with Crippen molar-refractivity contribution >= 4 is 11.2 Å². The van der Waals surface area contributed by atoms with E-state index in [1.54, 1.807) is 40.9 Å². The third kappa shape index (κ3) is 5.69. The van der Waals surface area contributed by atoms with Gasteiger partial charge in [-0.15, -0.1) is 0 Å². The van der Waals surface area contributed by atoms with Gasteiger partial charge in [-0.25, -0.2) is 18.6 Å². The average molecular weight is 585 g/mol. The molecule has 226 valence electrons. The van der Waals surface area contributed by atoms with Crippen LogP contribution in [0.4, 0.5) is 8.78 Å². The van der Waals surface area contributed by atoms with Gasteiger partial charge in [-0.2, -0.15) is 5.10 Å². The molecule has 0 bridgehead atoms. The summed E-state index contributed by atoms with van der Waals surface area (Å²) in [4.78, 5) is 31.8. The number of fused-ring (bicyclic) bond motifs is 1. The van der Waals surface area contributed by atoms with Crippen LogP contribution < -0.4 is 11.2 Å². The fraction of sp³-hybridized carbons (Fsp3) is 0.533. The van der Waals surface area contributed by atoms with Gasteiger partial charge in [0.1, 0.15) is 12.6 Å². The first-order valence-electron chi connectivity index (χ1n) is 14.5. The van der Waals surface area contributed by atoms with Crippen LogP contribution >= 0.6 is 0 Å². The van der Waals surface area contributed by atoms with Gasteiger partial charge < -0.3 is 9.47 Å². The topological polar surface area (TPSA) is 98.1 Å². The van der Waals surface area contributed by atoms with Crippen LogP contribution in [0, 0.1) is 0 Å². The molecule has 3 aromatic heterocycles. The molecule has 0 atom stereocenters. The van der Waals surface area contributed by atoms with E-state index in [9.17, 15) is 18.4 Å². The Balaban J connectivity index is 1.60. The van der Waals surface area contributed by atoms with Gasteiger partial charge >= 0.3 is 5.69 Å². The predicted molar refractivity (Wildman–Crippen MR) is 154 cm³/mol. The molecule has 1 aliphatic carbocycles. The lowest BCUT2D eigenvalue weighted by molar-refractivity contribution is -0.254. The molecule has 0 radical (unpaired) electrons. The number of hydrogen-bond donors (Lipinski definition) is 0. The second kappa shape index (κ2) is 11.9. The zero-order valence-electron chi connectivity index (χ0n) is 24.6. The Labute approximate surface area is 242 Å². The summed E-state index contributed by atoms with van der Waals surface area (Å²) in [6.45, 7) is 5.48. The van der Waals surface area contributed by atoms with E-state index in [2.05, 4.69) is 5.10 Å². The first-order chi connectivity index (χ1) is 20.1. The second-order valence-electron chi connectivity index (χ2n) is 11.0. The number of imidazole rings is 1. The van der Waals surface area contributed by atoms with Crippen LogP contribution in [0.25, 0.3) is 22.6 Å². The number of aryl methyl sites for hydroxylation is 1. The number of rotatable bonds is 11. The molecular formula is C30H38F2N6O4. The highest BCUT2D eigenvalue weighted by Gasteiger charge is 2.34. The van der Waals surface area contributed by atoms with E-state index >= 15 is 0 Å². The Kier molecular flexibility index (Phi) is 8.47. The van der Waals surface area contributed by atoms with Crippen LogP contribution in [0.1, 0.15) is 70.4 Å². The van der Waals surface area contributed by atoms with Gasteiger partial charge in [-0.3, -0.25) is 23.2 Å². The monoisotopic (exact) mass is 584 g/mol. The van der Waals surface area contributed by atoms with Gasteiger partial charge in [-0.1, -0.05) is 31.5 Å². The molecule has 4 aromatic rings. The molecule has 1 saturated carbocycles. The third-order valence-corrected chi connectivity index (χ3v) is 7.99. The van der Waals surface area contributed by atoms with Crippen molar-refractivity contribution < 1.29 is 18.3 Å². The number of alkyl halides is 2. The number of nitrogens with zero attached hydrogens (tertiary/aromatic N) is 6. The summed E-state index contributed by atoms with van der Waals surface area (Å²) in [6.07, 6.45) is 8.51. The van der Waals surface area contributed by atoms with Gasteiger partial charge in [0, 0.05) is 51.7 Å². The van der Waals surface area contributed by atoms with Crippen LogP contribution in [0.3, 0.4) is 0 Å². The van der Waals surface area contributed by atoms with Crippen molar-refractivity contribution in [2.24, 2.45) is 0 Å². The number of aromatic nitrogens is 6. The lowest BCUT2D eigenvalue weighted by atomic mass is 9.94. The summed E-state index contributed by atoms with van der Waals surface area (Å²) >= 11 is 0. The molecule has 10 nitrogen and oxygen atoms in total. The average Bonchev–Trinajstić information content (AvgIpc) is 3.59. The number of halogens is 2. The van der Waals surface area contributed by atoms with Crippen molar-refractivity contribution in [3.63, 3.8) is 0 Å². The summed E-state index contributed by atoms with van der Waals surface area (Å²) in [6, 6.07) is 6.24. The summed E-state index contributed by atoms with van der Waals surface area (Å²) in [5, 5.41) is 4.46. The number of ether oxygens (including phenoxy) is 2. The molecule has 5 rings (SSSR count). The molecule has 1 fully saturated rings. The standard InChI is InChI=1S/C30H38F2N6O4/c1-5-15-37-27(39)24-26(36(6-2)28(37)40)34-25(38(24)20-42-30(41-4)13-8-7-9-14-30)22-17-33-35(19-22)18-21-11-10-12-23(16-21)29(3,31)32/h10-12,16-17,19H,5-9,13-15,18,20H2,1-4H3. The number of hydrogen-bond acceptors (Lipinski definition) is 6. The predicted octanol–water partition coefficient (Wildman–Crippen LogP) is 5.09. The highest BCUT2D eigenvalue weighted by molar-refractivity contribution is 5.76. The molecule has 1 aromatic carbocycles. The molecule has 12 heteroatoms. The molecular weight excluding hydrogens is 546 g/mol. The Bertz CT molecular complexity index is 1670. The van der Waals surface area contributed by atoms with Crippen molar-refractivity contribution in [2.75, 3.05) is 7.11 Å². The van der Waals surface area contributed by atoms with E-state index in [4.69, 9.17) is 14.5 Å². The van der Waals surface area contributed by atoms with E-state index in [0.717, 1.165) is 39.0 Å². The minimum Gasteiger partial charge on any atom is -0.353 e. The van der Waals surface area contributed by atoms with Crippen LogP contribution in [0.2, 0.25) is 0 Å². The first-order valence-corrected chi connectivity index (χ1v) is 14.5. The minimum atomic E-state index is -2.95. The van der Waals surface area contributed by atoms with E-state index in [1.165, 1.54) is 21.3 Å². The fourth-order valence-corrected chi connectivity index (χ4v) is 5.72.